The lowest BCUT2D eigenvalue weighted by molar-refractivity contribution is -0.137. The number of nitrogens with one attached hydrogen (secondary N) is 1. The number of hydrogen-bond donors (Lipinski definition) is 1. The Hall–Kier alpha value is -2.91. The molecule has 0 radical (unpaired) electrons. The molecule has 0 spiro atoms. The lowest BCUT2D eigenvalue weighted by Gasteiger charge is -2.25. The van der Waals surface area contributed by atoms with Crippen molar-refractivity contribution in [2.75, 3.05) is 36.0 Å². The number of H-pyrrole nitrogens is 1. The van der Waals surface area contributed by atoms with Crippen LogP contribution in [-0.2, 0) is 6.18 Å². The zero-order valence-electron chi connectivity index (χ0n) is 14.2. The van der Waals surface area contributed by atoms with Gasteiger partial charge in [-0.1, -0.05) is 0 Å². The van der Waals surface area contributed by atoms with Crippen LogP contribution in [0.25, 0.3) is 11.2 Å². The van der Waals surface area contributed by atoms with Gasteiger partial charge in [-0.05, 0) is 12.1 Å². The van der Waals surface area contributed by atoms with Crippen LogP contribution in [-0.4, -0.2) is 51.1 Å². The van der Waals surface area contributed by atoms with E-state index in [0.717, 1.165) is 30.5 Å². The maximum atomic E-state index is 13.3. The first-order chi connectivity index (χ1) is 13.0. The van der Waals surface area contributed by atoms with Gasteiger partial charge in [-0.15, -0.1) is 0 Å². The van der Waals surface area contributed by atoms with Crippen molar-refractivity contribution in [1.29, 1.82) is 0 Å². The van der Waals surface area contributed by atoms with Crippen molar-refractivity contribution in [1.82, 2.24) is 24.9 Å². The molecule has 2 aliphatic rings. The molecule has 2 saturated heterocycles. The van der Waals surface area contributed by atoms with E-state index in [1.807, 2.05) is 0 Å². The van der Waals surface area contributed by atoms with Crippen LogP contribution in [0.1, 0.15) is 5.56 Å². The van der Waals surface area contributed by atoms with E-state index in [9.17, 15) is 13.2 Å². The standard InChI is InChI=1S/C17H16F3N7/c18-17(19,20)12-2-1-3-21-15(12)26-4-10-6-27(7-11(10)5-26)16-13-14(23-8-22-13)24-9-25-16/h1-3,8-11H,4-7H2,(H,22,23,24,25). The van der Waals surface area contributed by atoms with Gasteiger partial charge >= 0.3 is 6.18 Å². The molecular weight excluding hydrogens is 359 g/mol. The van der Waals surface area contributed by atoms with Gasteiger partial charge in [0.25, 0.3) is 0 Å². The number of alkyl halides is 3. The highest BCUT2D eigenvalue weighted by Gasteiger charge is 2.44. The normalized spacial score (nSPS) is 22.6. The molecule has 0 aliphatic carbocycles. The molecule has 2 aliphatic heterocycles. The Balaban J connectivity index is 1.37. The number of fused-ring (bicyclic) bond motifs is 2. The molecule has 0 aromatic carbocycles. The first kappa shape index (κ1) is 16.3. The Labute approximate surface area is 152 Å². The first-order valence-electron chi connectivity index (χ1n) is 8.67. The summed E-state index contributed by atoms with van der Waals surface area (Å²) in [6.45, 7) is 2.58. The number of halogens is 3. The summed E-state index contributed by atoms with van der Waals surface area (Å²) < 4.78 is 39.9. The Bertz CT molecular complexity index is 972. The molecule has 2 unspecified atom stereocenters. The number of aromatic nitrogens is 5. The summed E-state index contributed by atoms with van der Waals surface area (Å²) in [5, 5.41) is 0. The molecule has 10 heteroatoms. The number of imidazole rings is 1. The predicted octanol–water partition coefficient (Wildman–Crippen LogP) is 2.34. The van der Waals surface area contributed by atoms with Crippen LogP contribution in [0.4, 0.5) is 24.8 Å². The zero-order valence-corrected chi connectivity index (χ0v) is 14.2. The molecule has 2 fully saturated rings. The predicted molar refractivity (Wildman–Crippen MR) is 92.3 cm³/mol. The number of anilines is 2. The van der Waals surface area contributed by atoms with E-state index < -0.39 is 11.7 Å². The van der Waals surface area contributed by atoms with Gasteiger partial charge in [0, 0.05) is 44.2 Å². The van der Waals surface area contributed by atoms with Crippen molar-refractivity contribution in [2.45, 2.75) is 6.18 Å². The number of rotatable bonds is 2. The third kappa shape index (κ3) is 2.66. The number of aromatic amines is 1. The minimum atomic E-state index is -4.40. The Kier molecular flexibility index (Phi) is 3.49. The maximum absolute atomic E-state index is 13.3. The summed E-state index contributed by atoms with van der Waals surface area (Å²) in [7, 11) is 0. The van der Waals surface area contributed by atoms with Gasteiger partial charge < -0.3 is 14.8 Å². The third-order valence-corrected chi connectivity index (χ3v) is 5.38. The largest absolute Gasteiger partial charge is 0.419 e. The van der Waals surface area contributed by atoms with E-state index >= 15 is 0 Å². The van der Waals surface area contributed by atoms with Crippen LogP contribution < -0.4 is 9.80 Å². The molecule has 5 rings (SSSR count). The van der Waals surface area contributed by atoms with Crippen molar-refractivity contribution >= 4 is 22.8 Å². The first-order valence-corrected chi connectivity index (χ1v) is 8.67. The zero-order chi connectivity index (χ0) is 18.6. The minimum Gasteiger partial charge on any atom is -0.355 e. The van der Waals surface area contributed by atoms with Crippen molar-refractivity contribution < 1.29 is 13.2 Å². The second-order valence-electron chi connectivity index (χ2n) is 7.00. The quantitative estimate of drug-likeness (QED) is 0.741. The van der Waals surface area contributed by atoms with Gasteiger partial charge in [0.15, 0.2) is 11.5 Å². The molecule has 0 saturated carbocycles. The van der Waals surface area contributed by atoms with E-state index in [-0.39, 0.29) is 17.7 Å². The Morgan fingerprint density at radius 2 is 1.63 bits per heavy atom. The molecule has 2 atom stereocenters. The SMILES string of the molecule is FC(F)(F)c1cccnc1N1CC2CN(c3ncnc4nc[nH]c34)CC2C1. The van der Waals surface area contributed by atoms with Crippen molar-refractivity contribution in [3.8, 4) is 0 Å². The minimum absolute atomic E-state index is 0.0314. The molecule has 27 heavy (non-hydrogen) atoms. The van der Waals surface area contributed by atoms with E-state index in [0.29, 0.717) is 18.7 Å². The van der Waals surface area contributed by atoms with Crippen LogP contribution in [0.2, 0.25) is 0 Å². The molecular formula is C17H16F3N7. The summed E-state index contributed by atoms with van der Waals surface area (Å²) in [4.78, 5) is 23.7. The van der Waals surface area contributed by atoms with Crippen LogP contribution >= 0.6 is 0 Å². The van der Waals surface area contributed by atoms with Gasteiger partial charge in [-0.2, -0.15) is 13.2 Å². The molecule has 0 bridgehead atoms. The maximum Gasteiger partial charge on any atom is 0.419 e. The number of pyridine rings is 1. The molecule has 3 aromatic heterocycles. The summed E-state index contributed by atoms with van der Waals surface area (Å²) in [6, 6.07) is 2.42. The van der Waals surface area contributed by atoms with E-state index in [4.69, 9.17) is 0 Å². The second kappa shape index (κ2) is 5.80. The monoisotopic (exact) mass is 375 g/mol. The highest BCUT2D eigenvalue weighted by Crippen LogP contribution is 2.40. The summed E-state index contributed by atoms with van der Waals surface area (Å²) >= 11 is 0. The van der Waals surface area contributed by atoms with Crippen molar-refractivity contribution in [2.24, 2.45) is 11.8 Å². The fourth-order valence-corrected chi connectivity index (χ4v) is 4.20. The molecule has 7 nitrogen and oxygen atoms in total. The highest BCUT2D eigenvalue weighted by molar-refractivity contribution is 5.82. The molecule has 5 heterocycles. The van der Waals surface area contributed by atoms with Crippen LogP contribution in [0.15, 0.2) is 31.0 Å². The van der Waals surface area contributed by atoms with E-state index in [1.54, 1.807) is 11.2 Å². The van der Waals surface area contributed by atoms with Gasteiger partial charge in [0.05, 0.1) is 11.9 Å². The fraction of sp³-hybridized carbons (Fsp3) is 0.412. The second-order valence-corrected chi connectivity index (χ2v) is 7.00. The summed E-state index contributed by atoms with van der Waals surface area (Å²) in [5.41, 5.74) is 0.734. The number of nitrogens with zero attached hydrogens (tertiary/aromatic N) is 6. The topological polar surface area (TPSA) is 73.8 Å². The Morgan fingerprint density at radius 1 is 0.926 bits per heavy atom. The van der Waals surface area contributed by atoms with Gasteiger partial charge in [0.2, 0.25) is 0 Å². The molecule has 3 aromatic rings. The van der Waals surface area contributed by atoms with Crippen LogP contribution in [0.3, 0.4) is 0 Å². The average molecular weight is 375 g/mol. The fourth-order valence-electron chi connectivity index (χ4n) is 4.20. The van der Waals surface area contributed by atoms with Crippen LogP contribution in [0.5, 0.6) is 0 Å². The summed E-state index contributed by atoms with van der Waals surface area (Å²) in [5.74, 6) is 1.36. The van der Waals surface area contributed by atoms with Crippen molar-refractivity contribution in [3.05, 3.63) is 36.5 Å². The van der Waals surface area contributed by atoms with E-state index in [1.165, 1.54) is 18.6 Å². The van der Waals surface area contributed by atoms with E-state index in [2.05, 4.69) is 29.8 Å². The number of hydrogen-bond acceptors (Lipinski definition) is 6. The lowest BCUT2D eigenvalue weighted by Crippen LogP contribution is -2.31. The lowest BCUT2D eigenvalue weighted by atomic mass is 10.0. The van der Waals surface area contributed by atoms with Crippen LogP contribution in [0, 0.1) is 11.8 Å². The van der Waals surface area contributed by atoms with Crippen molar-refractivity contribution in [3.63, 3.8) is 0 Å². The van der Waals surface area contributed by atoms with Gasteiger partial charge in [0.1, 0.15) is 17.7 Å². The molecule has 0 amide bonds. The molecule has 140 valence electrons. The van der Waals surface area contributed by atoms with Gasteiger partial charge in [-0.25, -0.2) is 19.9 Å². The summed E-state index contributed by atoms with van der Waals surface area (Å²) in [6.07, 6.45) is 0.0883. The average Bonchev–Trinajstić information content (AvgIpc) is 3.34. The van der Waals surface area contributed by atoms with Gasteiger partial charge in [-0.3, -0.25) is 0 Å². The Morgan fingerprint density at radius 3 is 2.33 bits per heavy atom. The molecule has 1 N–H and O–H groups in total. The highest BCUT2D eigenvalue weighted by atomic mass is 19.4. The smallest absolute Gasteiger partial charge is 0.355 e. The third-order valence-electron chi connectivity index (χ3n) is 5.38.